The number of aromatic nitrogens is 3. The fraction of sp³-hybridized carbons (Fsp3) is 0.593. The van der Waals surface area contributed by atoms with E-state index >= 15 is 0 Å². The molecule has 3 heterocycles. The number of carbonyl (C=O) groups excluding carboxylic acids is 2. The molecule has 1 aromatic heterocycles. The molecule has 0 spiro atoms. The van der Waals surface area contributed by atoms with E-state index in [4.69, 9.17) is 4.74 Å². The van der Waals surface area contributed by atoms with E-state index in [1.807, 2.05) is 34.1 Å². The normalized spacial score (nSPS) is 18.6. The highest BCUT2D eigenvalue weighted by Gasteiger charge is 2.25. The maximum atomic E-state index is 12.7. The predicted octanol–water partition coefficient (Wildman–Crippen LogP) is 1.71. The van der Waals surface area contributed by atoms with E-state index in [0.29, 0.717) is 51.1 Å². The zero-order chi connectivity index (χ0) is 25.6. The molecule has 37 heavy (non-hydrogen) atoms. The van der Waals surface area contributed by atoms with Crippen molar-refractivity contribution in [1.82, 2.24) is 29.9 Å². The van der Waals surface area contributed by atoms with Gasteiger partial charge in [0.1, 0.15) is 11.4 Å². The lowest BCUT2D eigenvalue weighted by Gasteiger charge is -2.35. The average Bonchev–Trinajstić information content (AvgIpc) is 3.43. The molecule has 5 rings (SSSR count). The number of piperazine rings is 1. The average molecular weight is 509 g/mol. The Bertz CT molecular complexity index is 1150. The van der Waals surface area contributed by atoms with Crippen LogP contribution in [0.2, 0.25) is 0 Å². The van der Waals surface area contributed by atoms with Crippen LogP contribution in [-0.2, 0) is 16.0 Å². The first kappa shape index (κ1) is 25.4. The van der Waals surface area contributed by atoms with Crippen LogP contribution >= 0.6 is 0 Å². The van der Waals surface area contributed by atoms with Gasteiger partial charge in [0.05, 0.1) is 13.2 Å². The molecule has 1 N–H and O–H groups in total. The third kappa shape index (κ3) is 6.54. The summed E-state index contributed by atoms with van der Waals surface area (Å²) in [5, 5.41) is 8.33. The van der Waals surface area contributed by atoms with Crippen LogP contribution in [0, 0.1) is 5.92 Å². The van der Waals surface area contributed by atoms with Gasteiger partial charge < -0.3 is 19.5 Å². The van der Waals surface area contributed by atoms with Crippen molar-refractivity contribution < 1.29 is 14.3 Å². The van der Waals surface area contributed by atoms with Crippen LogP contribution in [0.5, 0.6) is 5.75 Å². The molecule has 0 radical (unpaired) electrons. The number of benzene rings is 1. The third-order valence-electron chi connectivity index (χ3n) is 7.70. The second-order valence-corrected chi connectivity index (χ2v) is 10.3. The number of aromatic amines is 1. The van der Waals surface area contributed by atoms with Crippen molar-refractivity contribution in [3.63, 3.8) is 0 Å². The fourth-order valence-corrected chi connectivity index (χ4v) is 5.06. The maximum absolute atomic E-state index is 12.7. The highest BCUT2D eigenvalue weighted by Crippen LogP contribution is 2.28. The van der Waals surface area contributed by atoms with Crippen LogP contribution in [0.3, 0.4) is 0 Å². The number of ether oxygens (including phenoxy) is 1. The number of amides is 2. The molecule has 2 aliphatic heterocycles. The number of nitrogens with one attached hydrogen (secondary N) is 1. The summed E-state index contributed by atoms with van der Waals surface area (Å²) in [5.41, 5.74) is 0.660. The summed E-state index contributed by atoms with van der Waals surface area (Å²) in [6.07, 6.45) is 6.34. The van der Waals surface area contributed by atoms with Gasteiger partial charge in [0.2, 0.25) is 11.8 Å². The van der Waals surface area contributed by atoms with Crippen molar-refractivity contribution in [1.29, 1.82) is 0 Å². The Labute approximate surface area is 217 Å². The standard InChI is InChI=1S/C27H36N6O4/c34-24(33-15-13-31(14-16-33)18-25(35)32-11-1-2-12-32)10-9-23-27(36)28-26(30-29-23)21-7-4-8-22(17-21)37-19-20-5-3-6-20/h4,7-8,17,20H,1-3,5-6,9-16,18-19H2,(H,28,30,36). The molecule has 1 aromatic carbocycles. The first-order chi connectivity index (χ1) is 18.0. The first-order valence-electron chi connectivity index (χ1n) is 13.5. The number of carbonyl (C=O) groups is 2. The lowest BCUT2D eigenvalue weighted by molar-refractivity contribution is -0.134. The second kappa shape index (κ2) is 11.9. The van der Waals surface area contributed by atoms with Gasteiger partial charge in [0.15, 0.2) is 5.82 Å². The molecule has 10 nitrogen and oxygen atoms in total. The van der Waals surface area contributed by atoms with E-state index in [0.717, 1.165) is 37.2 Å². The quantitative estimate of drug-likeness (QED) is 0.549. The fourth-order valence-electron chi connectivity index (χ4n) is 5.06. The number of hydrogen-bond donors (Lipinski definition) is 1. The van der Waals surface area contributed by atoms with Crippen molar-refractivity contribution in [2.45, 2.75) is 44.9 Å². The van der Waals surface area contributed by atoms with Crippen molar-refractivity contribution in [3.05, 3.63) is 40.3 Å². The van der Waals surface area contributed by atoms with Gasteiger partial charge in [0, 0.05) is 57.7 Å². The van der Waals surface area contributed by atoms with E-state index in [2.05, 4.69) is 20.1 Å². The summed E-state index contributed by atoms with van der Waals surface area (Å²) in [7, 11) is 0. The molecule has 0 bridgehead atoms. The molecule has 3 fully saturated rings. The number of H-pyrrole nitrogens is 1. The lowest BCUT2D eigenvalue weighted by Crippen LogP contribution is -2.51. The van der Waals surface area contributed by atoms with Crippen molar-refractivity contribution in [2.24, 2.45) is 5.92 Å². The smallest absolute Gasteiger partial charge is 0.273 e. The Hall–Kier alpha value is -3.27. The van der Waals surface area contributed by atoms with Gasteiger partial charge in [-0.15, -0.1) is 10.2 Å². The van der Waals surface area contributed by atoms with E-state index in [-0.39, 0.29) is 35.9 Å². The Kier molecular flexibility index (Phi) is 8.13. The molecule has 10 heteroatoms. The lowest BCUT2D eigenvalue weighted by atomic mass is 9.86. The summed E-state index contributed by atoms with van der Waals surface area (Å²) >= 11 is 0. The Morgan fingerprint density at radius 1 is 0.946 bits per heavy atom. The zero-order valence-corrected chi connectivity index (χ0v) is 21.4. The molecular weight excluding hydrogens is 472 g/mol. The summed E-state index contributed by atoms with van der Waals surface area (Å²) in [6.45, 7) is 5.41. The molecule has 0 unspecified atom stereocenters. The summed E-state index contributed by atoms with van der Waals surface area (Å²) in [4.78, 5) is 46.4. The third-order valence-corrected chi connectivity index (χ3v) is 7.70. The largest absolute Gasteiger partial charge is 0.493 e. The van der Waals surface area contributed by atoms with Crippen LogP contribution in [0.25, 0.3) is 11.4 Å². The van der Waals surface area contributed by atoms with Crippen LogP contribution in [0.4, 0.5) is 0 Å². The Balaban J connectivity index is 1.09. The van der Waals surface area contributed by atoms with Crippen molar-refractivity contribution in [3.8, 4) is 17.1 Å². The molecule has 2 amide bonds. The molecule has 198 valence electrons. The van der Waals surface area contributed by atoms with Gasteiger partial charge in [-0.05, 0) is 43.7 Å². The minimum absolute atomic E-state index is 0.00731. The summed E-state index contributed by atoms with van der Waals surface area (Å²) in [6, 6.07) is 7.50. The van der Waals surface area contributed by atoms with E-state index < -0.39 is 0 Å². The molecule has 1 saturated carbocycles. The highest BCUT2D eigenvalue weighted by molar-refractivity contribution is 5.79. The predicted molar refractivity (Wildman–Crippen MR) is 138 cm³/mol. The van der Waals surface area contributed by atoms with Crippen LogP contribution in [0.1, 0.15) is 44.2 Å². The maximum Gasteiger partial charge on any atom is 0.273 e. The number of nitrogens with zero attached hydrogens (tertiary/aromatic N) is 5. The van der Waals surface area contributed by atoms with Gasteiger partial charge in [-0.2, -0.15) is 0 Å². The molecule has 2 aromatic rings. The Morgan fingerprint density at radius 2 is 1.70 bits per heavy atom. The zero-order valence-electron chi connectivity index (χ0n) is 21.4. The van der Waals surface area contributed by atoms with Gasteiger partial charge in [0.25, 0.3) is 5.56 Å². The molecule has 3 aliphatic rings. The molecular formula is C27H36N6O4. The summed E-state index contributed by atoms with van der Waals surface area (Å²) in [5.74, 6) is 1.95. The van der Waals surface area contributed by atoms with Gasteiger partial charge >= 0.3 is 0 Å². The number of rotatable bonds is 9. The molecule has 1 aliphatic carbocycles. The van der Waals surface area contributed by atoms with E-state index in [1.54, 1.807) is 0 Å². The topological polar surface area (TPSA) is 112 Å². The number of likely N-dealkylation sites (tertiary alicyclic amines) is 1. The monoisotopic (exact) mass is 508 g/mol. The van der Waals surface area contributed by atoms with Gasteiger partial charge in [-0.1, -0.05) is 18.6 Å². The minimum atomic E-state index is -0.330. The van der Waals surface area contributed by atoms with Crippen LogP contribution in [-0.4, -0.2) is 94.1 Å². The molecule has 0 atom stereocenters. The van der Waals surface area contributed by atoms with Gasteiger partial charge in [-0.3, -0.25) is 19.3 Å². The highest BCUT2D eigenvalue weighted by atomic mass is 16.5. The van der Waals surface area contributed by atoms with Gasteiger partial charge in [-0.25, -0.2) is 0 Å². The first-order valence-corrected chi connectivity index (χ1v) is 13.5. The molecule has 2 saturated heterocycles. The Morgan fingerprint density at radius 3 is 2.41 bits per heavy atom. The van der Waals surface area contributed by atoms with E-state index in [1.165, 1.54) is 19.3 Å². The SMILES string of the molecule is O=C(CCc1nnc(-c2cccc(OCC3CCC3)c2)[nH]c1=O)N1CCN(CC(=O)N2CCCC2)CC1. The second-order valence-electron chi connectivity index (χ2n) is 10.3. The van der Waals surface area contributed by atoms with Crippen molar-refractivity contribution >= 4 is 11.8 Å². The van der Waals surface area contributed by atoms with Crippen LogP contribution in [0.15, 0.2) is 29.1 Å². The van der Waals surface area contributed by atoms with Crippen molar-refractivity contribution in [2.75, 3.05) is 52.4 Å². The minimum Gasteiger partial charge on any atom is -0.493 e. The van der Waals surface area contributed by atoms with E-state index in [9.17, 15) is 14.4 Å². The van der Waals surface area contributed by atoms with Crippen LogP contribution < -0.4 is 10.3 Å². The number of hydrogen-bond acceptors (Lipinski definition) is 7. The number of aryl methyl sites for hydroxylation is 1. The summed E-state index contributed by atoms with van der Waals surface area (Å²) < 4.78 is 5.89.